The van der Waals surface area contributed by atoms with Crippen molar-refractivity contribution < 1.29 is 14.3 Å². The van der Waals surface area contributed by atoms with Gasteiger partial charge in [0.15, 0.2) is 0 Å². The second kappa shape index (κ2) is 4.11. The van der Waals surface area contributed by atoms with E-state index in [1.807, 2.05) is 24.3 Å². The summed E-state index contributed by atoms with van der Waals surface area (Å²) in [6.07, 6.45) is -0.124. The van der Waals surface area contributed by atoms with Crippen molar-refractivity contribution in [3.63, 3.8) is 0 Å². The molecule has 3 nitrogen and oxygen atoms in total. The molecule has 0 spiro atoms. The van der Waals surface area contributed by atoms with Gasteiger partial charge in [0.1, 0.15) is 19.3 Å². The van der Waals surface area contributed by atoms with Gasteiger partial charge in [-0.1, -0.05) is 28.1 Å². The summed E-state index contributed by atoms with van der Waals surface area (Å²) in [5, 5.41) is 0. The largest absolute Gasteiger partial charge is 0.461 e. The fourth-order valence-corrected chi connectivity index (χ4v) is 1.56. The lowest BCUT2D eigenvalue weighted by Crippen LogP contribution is -2.26. The van der Waals surface area contributed by atoms with Crippen molar-refractivity contribution in [2.75, 3.05) is 13.2 Å². The van der Waals surface area contributed by atoms with Gasteiger partial charge in [-0.05, 0) is 17.7 Å². The van der Waals surface area contributed by atoms with Crippen LogP contribution >= 0.6 is 15.9 Å². The quantitative estimate of drug-likeness (QED) is 0.722. The molecule has 1 aliphatic rings. The zero-order valence-corrected chi connectivity index (χ0v) is 8.99. The maximum atomic E-state index is 10.7. The number of halogens is 1. The fraction of sp³-hybridized carbons (Fsp3) is 0.300. The van der Waals surface area contributed by atoms with Gasteiger partial charge in [0.25, 0.3) is 0 Å². The predicted molar refractivity (Wildman–Crippen MR) is 53.8 cm³/mol. The highest BCUT2D eigenvalue weighted by Crippen LogP contribution is 2.22. The molecular weight excluding hydrogens is 248 g/mol. The first-order valence-corrected chi connectivity index (χ1v) is 5.08. The van der Waals surface area contributed by atoms with Gasteiger partial charge in [0.05, 0.1) is 0 Å². The Morgan fingerprint density at radius 1 is 1.29 bits per heavy atom. The Kier molecular flexibility index (Phi) is 2.84. The molecule has 0 radical (unpaired) electrons. The molecule has 1 aromatic carbocycles. The molecule has 0 N–H and O–H groups in total. The van der Waals surface area contributed by atoms with Crippen LogP contribution in [0.3, 0.4) is 0 Å². The minimum Gasteiger partial charge on any atom is -0.461 e. The number of benzene rings is 1. The highest BCUT2D eigenvalue weighted by Gasteiger charge is 2.21. The maximum absolute atomic E-state index is 10.7. The van der Waals surface area contributed by atoms with E-state index in [4.69, 9.17) is 9.47 Å². The van der Waals surface area contributed by atoms with Crippen molar-refractivity contribution >= 4 is 21.9 Å². The Labute approximate surface area is 90.1 Å². The summed E-state index contributed by atoms with van der Waals surface area (Å²) in [6.45, 7) is 0.348. The number of ether oxygens (including phenoxy) is 2. The predicted octanol–water partition coefficient (Wildman–Crippen LogP) is 2.06. The van der Waals surface area contributed by atoms with Gasteiger partial charge < -0.3 is 9.47 Å². The van der Waals surface area contributed by atoms with Gasteiger partial charge in [-0.25, -0.2) is 4.79 Å². The van der Waals surface area contributed by atoms with E-state index in [9.17, 15) is 4.79 Å². The number of esters is 1. The second-order valence-corrected chi connectivity index (χ2v) is 3.95. The first kappa shape index (κ1) is 9.68. The number of hydrogen-bond donors (Lipinski definition) is 0. The van der Waals surface area contributed by atoms with E-state index in [1.165, 1.54) is 0 Å². The topological polar surface area (TPSA) is 35.5 Å². The summed E-state index contributed by atoms with van der Waals surface area (Å²) in [5.41, 5.74) is 1.03. The Balaban J connectivity index is 2.08. The van der Waals surface area contributed by atoms with E-state index < -0.39 is 0 Å². The first-order valence-electron chi connectivity index (χ1n) is 4.28. The van der Waals surface area contributed by atoms with Gasteiger partial charge in [-0.3, -0.25) is 0 Å². The molecule has 1 aliphatic heterocycles. The summed E-state index contributed by atoms with van der Waals surface area (Å²) in [7, 11) is 0. The number of cyclic esters (lactones) is 1. The highest BCUT2D eigenvalue weighted by molar-refractivity contribution is 9.10. The minimum atomic E-state index is -0.293. The van der Waals surface area contributed by atoms with Gasteiger partial charge in [0.2, 0.25) is 0 Å². The molecule has 4 heteroatoms. The summed E-state index contributed by atoms with van der Waals surface area (Å²) >= 11 is 3.35. The Morgan fingerprint density at radius 2 is 2.00 bits per heavy atom. The molecule has 1 saturated heterocycles. The summed E-state index contributed by atoms with van der Waals surface area (Å²) < 4.78 is 11.2. The van der Waals surface area contributed by atoms with Crippen LogP contribution in [0.2, 0.25) is 0 Å². The first-order chi connectivity index (χ1) is 6.75. The minimum absolute atomic E-state index is 0.0424. The smallest absolute Gasteiger partial charge is 0.332 e. The number of hydrogen-bond acceptors (Lipinski definition) is 3. The monoisotopic (exact) mass is 256 g/mol. The molecular formula is C10H9BrO3. The number of carbonyl (C=O) groups is 1. The lowest BCUT2D eigenvalue weighted by molar-refractivity contribution is -0.168. The van der Waals surface area contributed by atoms with Gasteiger partial charge in [-0.2, -0.15) is 0 Å². The van der Waals surface area contributed by atoms with Crippen molar-refractivity contribution in [3.05, 3.63) is 34.3 Å². The third-order valence-electron chi connectivity index (χ3n) is 2.04. The van der Waals surface area contributed by atoms with Crippen molar-refractivity contribution in [1.29, 1.82) is 0 Å². The molecule has 14 heavy (non-hydrogen) atoms. The number of carbonyl (C=O) groups excluding carboxylic acids is 1. The molecule has 0 aromatic heterocycles. The molecule has 0 unspecified atom stereocenters. The average Bonchev–Trinajstić information content (AvgIpc) is 2.21. The van der Waals surface area contributed by atoms with Crippen LogP contribution in [-0.4, -0.2) is 19.2 Å². The molecule has 1 fully saturated rings. The summed E-state index contributed by atoms with van der Waals surface area (Å²) in [5.74, 6) is -0.293. The Hall–Kier alpha value is -0.870. The maximum Gasteiger partial charge on any atom is 0.332 e. The van der Waals surface area contributed by atoms with E-state index in [1.54, 1.807) is 0 Å². The van der Waals surface area contributed by atoms with Crippen molar-refractivity contribution in [2.24, 2.45) is 0 Å². The van der Waals surface area contributed by atoms with Gasteiger partial charge in [0, 0.05) is 4.47 Å². The molecule has 1 aromatic rings. The zero-order chi connectivity index (χ0) is 9.97. The van der Waals surface area contributed by atoms with Crippen molar-refractivity contribution in [1.82, 2.24) is 0 Å². The Bertz CT molecular complexity index is 324. The summed E-state index contributed by atoms with van der Waals surface area (Å²) in [6, 6.07) is 7.78. The van der Waals surface area contributed by atoms with Crippen LogP contribution in [0.4, 0.5) is 0 Å². The standard InChI is InChI=1S/C10H9BrO3/c11-8-3-1-7(2-4-8)9-5-14-10(12)6-13-9/h1-4,9H,5-6H2/t9-/m1/s1. The zero-order valence-electron chi connectivity index (χ0n) is 7.40. The van der Waals surface area contributed by atoms with E-state index in [-0.39, 0.29) is 18.7 Å². The third kappa shape index (κ3) is 2.13. The molecule has 2 rings (SSSR count). The highest BCUT2D eigenvalue weighted by atomic mass is 79.9. The molecule has 1 heterocycles. The van der Waals surface area contributed by atoms with Crippen LogP contribution in [-0.2, 0) is 14.3 Å². The fourth-order valence-electron chi connectivity index (χ4n) is 1.30. The second-order valence-electron chi connectivity index (χ2n) is 3.03. The van der Waals surface area contributed by atoms with E-state index >= 15 is 0 Å². The molecule has 0 amide bonds. The van der Waals surface area contributed by atoms with Crippen LogP contribution < -0.4 is 0 Å². The lowest BCUT2D eigenvalue weighted by atomic mass is 10.1. The summed E-state index contributed by atoms with van der Waals surface area (Å²) in [4.78, 5) is 10.7. The van der Waals surface area contributed by atoms with Crippen molar-refractivity contribution in [2.45, 2.75) is 6.10 Å². The van der Waals surface area contributed by atoms with Gasteiger partial charge in [-0.15, -0.1) is 0 Å². The molecule has 0 saturated carbocycles. The van der Waals surface area contributed by atoms with Crippen LogP contribution in [0.15, 0.2) is 28.7 Å². The molecule has 0 aliphatic carbocycles. The average molecular weight is 257 g/mol. The molecule has 1 atom stereocenters. The van der Waals surface area contributed by atoms with Crippen LogP contribution in [0, 0.1) is 0 Å². The molecule has 74 valence electrons. The lowest BCUT2D eigenvalue weighted by Gasteiger charge is -2.22. The van der Waals surface area contributed by atoms with Crippen LogP contribution in [0.25, 0.3) is 0 Å². The number of rotatable bonds is 1. The normalized spacial score (nSPS) is 21.8. The van der Waals surface area contributed by atoms with Crippen LogP contribution in [0.5, 0.6) is 0 Å². The SMILES string of the molecule is O=C1CO[C@@H](c2ccc(Br)cc2)CO1. The van der Waals surface area contributed by atoms with E-state index in [2.05, 4.69) is 15.9 Å². The third-order valence-corrected chi connectivity index (χ3v) is 2.57. The van der Waals surface area contributed by atoms with Crippen molar-refractivity contribution in [3.8, 4) is 0 Å². The molecule has 0 bridgehead atoms. The van der Waals surface area contributed by atoms with E-state index in [0.717, 1.165) is 10.0 Å². The van der Waals surface area contributed by atoms with Crippen LogP contribution in [0.1, 0.15) is 11.7 Å². The Morgan fingerprint density at radius 3 is 2.57 bits per heavy atom. The van der Waals surface area contributed by atoms with Gasteiger partial charge >= 0.3 is 5.97 Å². The van der Waals surface area contributed by atoms with E-state index in [0.29, 0.717) is 6.61 Å².